The molecule has 0 heterocycles. The zero-order chi connectivity index (χ0) is 35.0. The van der Waals surface area contributed by atoms with Crippen molar-refractivity contribution in [2.45, 2.75) is 270 Å². The maximum absolute atomic E-state index is 12.3. The molecule has 4 heteroatoms. The molecule has 2 atom stereocenters. The van der Waals surface area contributed by atoms with Crippen molar-refractivity contribution in [3.63, 3.8) is 0 Å². The molecule has 0 bridgehead atoms. The summed E-state index contributed by atoms with van der Waals surface area (Å²) in [5, 5.41) is 23.1. The number of rotatable bonds is 41. The summed E-state index contributed by atoms with van der Waals surface area (Å²) >= 11 is 0. The van der Waals surface area contributed by atoms with Crippen molar-refractivity contribution in [3.8, 4) is 0 Å². The molecular weight excluding hydrogens is 590 g/mol. The number of carbonyl (C=O) groups excluding carboxylic acids is 1. The maximum Gasteiger partial charge on any atom is 0.220 e. The van der Waals surface area contributed by atoms with Gasteiger partial charge in [0.2, 0.25) is 5.91 Å². The average Bonchev–Trinajstić information content (AvgIpc) is 3.09. The van der Waals surface area contributed by atoms with E-state index in [1.165, 1.54) is 205 Å². The van der Waals surface area contributed by atoms with Crippen LogP contribution in [0.4, 0.5) is 0 Å². The van der Waals surface area contributed by atoms with Gasteiger partial charge >= 0.3 is 0 Å². The molecule has 0 rings (SSSR count). The lowest BCUT2D eigenvalue weighted by Crippen LogP contribution is -2.45. The van der Waals surface area contributed by atoms with Gasteiger partial charge in [-0.2, -0.15) is 0 Å². The van der Waals surface area contributed by atoms with E-state index in [9.17, 15) is 15.0 Å². The largest absolute Gasteiger partial charge is 0.394 e. The Bertz CT molecular complexity index is 612. The third-order valence-corrected chi connectivity index (χ3v) is 10.6. The number of nitrogens with one attached hydrogen (secondary N) is 1. The molecular formula is C44H89NO3. The van der Waals surface area contributed by atoms with Crippen LogP contribution in [0.1, 0.15) is 258 Å². The van der Waals surface area contributed by atoms with Crippen LogP contribution < -0.4 is 5.32 Å². The number of aliphatic hydroxyl groups is 2. The second-order valence-electron chi connectivity index (χ2n) is 15.5. The predicted molar refractivity (Wildman–Crippen MR) is 212 cm³/mol. The first-order chi connectivity index (χ1) is 23.7. The monoisotopic (exact) mass is 680 g/mol. The summed E-state index contributed by atoms with van der Waals surface area (Å²) in [6.45, 7) is 4.36. The molecule has 0 aromatic heterocycles. The minimum atomic E-state index is -0.652. The lowest BCUT2D eigenvalue weighted by atomic mass is 10.0. The van der Waals surface area contributed by atoms with Gasteiger partial charge in [0.25, 0.3) is 0 Å². The standard InChI is InChI=1S/C44H89NO3/c1-3-5-7-9-11-13-14-15-16-17-18-19-20-21-22-23-24-25-26-27-28-29-30-32-33-35-37-39-43(47)42(41-46)45-44(48)40-38-36-34-31-12-10-8-6-4-2/h42-43,46-47H,3-41H2,1-2H3,(H,45,48). The van der Waals surface area contributed by atoms with Crippen molar-refractivity contribution in [2.24, 2.45) is 0 Å². The van der Waals surface area contributed by atoms with Crippen LogP contribution in [0.2, 0.25) is 0 Å². The summed E-state index contributed by atoms with van der Waals surface area (Å²) in [5.74, 6) is -0.0312. The summed E-state index contributed by atoms with van der Waals surface area (Å²) in [7, 11) is 0. The SMILES string of the molecule is CCCCCCCCCCCCCCCCCCCCCCCCCCCCCC(O)C(CO)NC(=O)CCCCCCCCCCC. The molecule has 0 saturated heterocycles. The van der Waals surface area contributed by atoms with Gasteiger partial charge < -0.3 is 15.5 Å². The molecule has 288 valence electrons. The summed E-state index contributed by atoms with van der Waals surface area (Å²) in [6, 6.07) is -0.528. The first-order valence-corrected chi connectivity index (χ1v) is 22.2. The highest BCUT2D eigenvalue weighted by Gasteiger charge is 2.20. The van der Waals surface area contributed by atoms with Crippen molar-refractivity contribution in [3.05, 3.63) is 0 Å². The van der Waals surface area contributed by atoms with E-state index in [-0.39, 0.29) is 12.5 Å². The van der Waals surface area contributed by atoms with Crippen LogP contribution in [-0.4, -0.2) is 34.9 Å². The van der Waals surface area contributed by atoms with Crippen molar-refractivity contribution < 1.29 is 15.0 Å². The summed E-state index contributed by atoms with van der Waals surface area (Å²) in [4.78, 5) is 12.3. The first kappa shape index (κ1) is 47.4. The van der Waals surface area contributed by atoms with Gasteiger partial charge in [0.1, 0.15) is 0 Å². The van der Waals surface area contributed by atoms with Gasteiger partial charge in [-0.25, -0.2) is 0 Å². The fraction of sp³-hybridized carbons (Fsp3) is 0.977. The Kier molecular flexibility index (Phi) is 40.3. The van der Waals surface area contributed by atoms with Gasteiger partial charge in [-0.05, 0) is 12.8 Å². The number of aliphatic hydroxyl groups excluding tert-OH is 2. The van der Waals surface area contributed by atoms with Crippen molar-refractivity contribution in [2.75, 3.05) is 6.61 Å². The Morgan fingerprint density at radius 1 is 0.417 bits per heavy atom. The first-order valence-electron chi connectivity index (χ1n) is 22.2. The highest BCUT2D eigenvalue weighted by Crippen LogP contribution is 2.17. The predicted octanol–water partition coefficient (Wildman–Crippen LogP) is 13.7. The normalized spacial score (nSPS) is 12.8. The third kappa shape index (κ3) is 36.7. The Balaban J connectivity index is 3.37. The van der Waals surface area contributed by atoms with Crippen molar-refractivity contribution >= 4 is 5.91 Å². The van der Waals surface area contributed by atoms with Crippen LogP contribution in [-0.2, 0) is 4.79 Å². The van der Waals surface area contributed by atoms with Crippen LogP contribution in [0.25, 0.3) is 0 Å². The molecule has 4 nitrogen and oxygen atoms in total. The smallest absolute Gasteiger partial charge is 0.220 e. The Morgan fingerprint density at radius 2 is 0.667 bits per heavy atom. The molecule has 0 radical (unpaired) electrons. The van der Waals surface area contributed by atoms with Crippen LogP contribution >= 0.6 is 0 Å². The number of hydrogen-bond donors (Lipinski definition) is 3. The number of unbranched alkanes of at least 4 members (excludes halogenated alkanes) is 34. The number of amides is 1. The van der Waals surface area contributed by atoms with Crippen molar-refractivity contribution in [1.82, 2.24) is 5.32 Å². The topological polar surface area (TPSA) is 69.6 Å². The lowest BCUT2D eigenvalue weighted by Gasteiger charge is -2.22. The lowest BCUT2D eigenvalue weighted by molar-refractivity contribution is -0.123. The van der Waals surface area contributed by atoms with Gasteiger partial charge in [0, 0.05) is 6.42 Å². The number of carbonyl (C=O) groups is 1. The minimum Gasteiger partial charge on any atom is -0.394 e. The Morgan fingerprint density at radius 3 is 0.938 bits per heavy atom. The maximum atomic E-state index is 12.3. The van der Waals surface area contributed by atoms with E-state index in [1.807, 2.05) is 0 Å². The summed E-state index contributed by atoms with van der Waals surface area (Å²) in [5.41, 5.74) is 0. The van der Waals surface area contributed by atoms with E-state index in [0.717, 1.165) is 25.7 Å². The van der Waals surface area contributed by atoms with Gasteiger partial charge in [-0.3, -0.25) is 4.79 Å². The van der Waals surface area contributed by atoms with E-state index in [2.05, 4.69) is 19.2 Å². The van der Waals surface area contributed by atoms with Crippen LogP contribution in [0.5, 0.6) is 0 Å². The second kappa shape index (κ2) is 40.8. The highest BCUT2D eigenvalue weighted by molar-refractivity contribution is 5.76. The van der Waals surface area contributed by atoms with E-state index >= 15 is 0 Å². The highest BCUT2D eigenvalue weighted by atomic mass is 16.3. The molecule has 0 spiro atoms. The van der Waals surface area contributed by atoms with Crippen molar-refractivity contribution in [1.29, 1.82) is 0 Å². The van der Waals surface area contributed by atoms with Gasteiger partial charge in [0.15, 0.2) is 0 Å². The molecule has 0 aromatic rings. The molecule has 3 N–H and O–H groups in total. The molecule has 0 fully saturated rings. The zero-order valence-corrected chi connectivity index (χ0v) is 33.0. The van der Waals surface area contributed by atoms with Crippen LogP contribution in [0.3, 0.4) is 0 Å². The molecule has 0 aliphatic carbocycles. The Hall–Kier alpha value is -0.610. The van der Waals surface area contributed by atoms with E-state index < -0.39 is 12.1 Å². The zero-order valence-electron chi connectivity index (χ0n) is 33.0. The number of hydrogen-bond acceptors (Lipinski definition) is 3. The molecule has 1 amide bonds. The van der Waals surface area contributed by atoms with Crippen LogP contribution in [0, 0.1) is 0 Å². The molecule has 0 aromatic carbocycles. The molecule has 2 unspecified atom stereocenters. The summed E-state index contributed by atoms with van der Waals surface area (Å²) < 4.78 is 0. The Labute approximate surface area is 302 Å². The van der Waals surface area contributed by atoms with Gasteiger partial charge in [-0.1, -0.05) is 239 Å². The molecule has 0 saturated carbocycles. The fourth-order valence-corrected chi connectivity index (χ4v) is 7.19. The quantitative estimate of drug-likeness (QED) is 0.0563. The van der Waals surface area contributed by atoms with E-state index in [1.54, 1.807) is 0 Å². The van der Waals surface area contributed by atoms with E-state index in [4.69, 9.17) is 0 Å². The summed E-state index contributed by atoms with van der Waals surface area (Å²) in [6.07, 6.45) is 49.2. The van der Waals surface area contributed by atoms with E-state index in [0.29, 0.717) is 12.8 Å². The van der Waals surface area contributed by atoms with Gasteiger partial charge in [0.05, 0.1) is 18.8 Å². The molecule has 0 aliphatic heterocycles. The van der Waals surface area contributed by atoms with Crippen LogP contribution in [0.15, 0.2) is 0 Å². The minimum absolute atomic E-state index is 0.0312. The fourth-order valence-electron chi connectivity index (χ4n) is 7.19. The van der Waals surface area contributed by atoms with Gasteiger partial charge in [-0.15, -0.1) is 0 Å². The third-order valence-electron chi connectivity index (χ3n) is 10.6. The average molecular weight is 680 g/mol. The molecule has 48 heavy (non-hydrogen) atoms. The second-order valence-corrected chi connectivity index (χ2v) is 15.5. The molecule has 0 aliphatic rings.